The summed E-state index contributed by atoms with van der Waals surface area (Å²) in [6.07, 6.45) is -0.00954. The van der Waals surface area contributed by atoms with E-state index in [1.807, 2.05) is 19.1 Å². The van der Waals surface area contributed by atoms with Crippen molar-refractivity contribution in [2.45, 2.75) is 18.7 Å². The van der Waals surface area contributed by atoms with Gasteiger partial charge in [0, 0.05) is 10.9 Å². The van der Waals surface area contributed by atoms with Crippen LogP contribution in [-0.4, -0.2) is 18.2 Å². The molecule has 0 aliphatic rings. The highest BCUT2D eigenvalue weighted by atomic mass is 79.9. The van der Waals surface area contributed by atoms with E-state index in [0.717, 1.165) is 16.7 Å². The van der Waals surface area contributed by atoms with E-state index in [-0.39, 0.29) is 6.42 Å². The molecular weight excluding hydrogens is 260 g/mol. The molecule has 0 amide bonds. The van der Waals surface area contributed by atoms with Gasteiger partial charge < -0.3 is 9.84 Å². The minimum Gasteiger partial charge on any atom is -0.496 e. The van der Waals surface area contributed by atoms with E-state index in [2.05, 4.69) is 15.9 Å². The zero-order chi connectivity index (χ0) is 11.4. The highest BCUT2D eigenvalue weighted by Crippen LogP contribution is 2.26. The summed E-state index contributed by atoms with van der Waals surface area (Å²) >= 11 is 3.35. The van der Waals surface area contributed by atoms with Crippen molar-refractivity contribution < 1.29 is 14.6 Å². The van der Waals surface area contributed by atoms with Crippen molar-refractivity contribution in [2.24, 2.45) is 0 Å². The number of benzene rings is 1. The molecule has 1 aromatic rings. The van der Waals surface area contributed by atoms with Crippen LogP contribution in [0.1, 0.15) is 16.7 Å². The van der Waals surface area contributed by atoms with E-state index in [1.165, 1.54) is 0 Å². The molecule has 0 atom stereocenters. The minimum atomic E-state index is -0.848. The summed E-state index contributed by atoms with van der Waals surface area (Å²) in [6.45, 7) is 1.96. The molecule has 15 heavy (non-hydrogen) atoms. The fourth-order valence-corrected chi connectivity index (χ4v) is 2.01. The van der Waals surface area contributed by atoms with Crippen molar-refractivity contribution in [1.82, 2.24) is 0 Å². The summed E-state index contributed by atoms with van der Waals surface area (Å²) in [5, 5.41) is 9.44. The summed E-state index contributed by atoms with van der Waals surface area (Å²) < 4.78 is 5.19. The lowest BCUT2D eigenvalue weighted by Gasteiger charge is -2.12. The fourth-order valence-electron chi connectivity index (χ4n) is 1.51. The third kappa shape index (κ3) is 2.96. The summed E-state index contributed by atoms with van der Waals surface area (Å²) in [6, 6.07) is 3.82. The van der Waals surface area contributed by atoms with Gasteiger partial charge in [0.15, 0.2) is 0 Å². The third-order valence-electron chi connectivity index (χ3n) is 2.14. The Labute approximate surface area is 97.2 Å². The molecule has 0 unspecified atom stereocenters. The average Bonchev–Trinajstić information content (AvgIpc) is 2.19. The van der Waals surface area contributed by atoms with Crippen LogP contribution < -0.4 is 4.74 Å². The summed E-state index contributed by atoms with van der Waals surface area (Å²) in [5.41, 5.74) is 2.78. The van der Waals surface area contributed by atoms with Crippen LogP contribution in [0.3, 0.4) is 0 Å². The largest absolute Gasteiger partial charge is 0.496 e. The SMILES string of the molecule is COc1cc(C)cc(CBr)c1CC(=O)O. The van der Waals surface area contributed by atoms with Crippen LogP contribution in [0.4, 0.5) is 0 Å². The first-order valence-electron chi connectivity index (χ1n) is 4.52. The van der Waals surface area contributed by atoms with E-state index in [9.17, 15) is 4.79 Å². The van der Waals surface area contributed by atoms with Crippen molar-refractivity contribution in [2.75, 3.05) is 7.11 Å². The maximum Gasteiger partial charge on any atom is 0.307 e. The maximum absolute atomic E-state index is 10.7. The smallest absolute Gasteiger partial charge is 0.307 e. The molecule has 1 aromatic carbocycles. The molecule has 0 bridgehead atoms. The highest BCUT2D eigenvalue weighted by molar-refractivity contribution is 9.08. The Balaban J connectivity index is 3.23. The number of hydrogen-bond acceptors (Lipinski definition) is 2. The second-order valence-electron chi connectivity index (χ2n) is 3.31. The molecule has 0 radical (unpaired) electrons. The van der Waals surface area contributed by atoms with Crippen LogP contribution in [0.15, 0.2) is 12.1 Å². The number of aryl methyl sites for hydroxylation is 1. The van der Waals surface area contributed by atoms with Crippen LogP contribution in [0.2, 0.25) is 0 Å². The van der Waals surface area contributed by atoms with E-state index in [0.29, 0.717) is 11.1 Å². The molecule has 0 aliphatic heterocycles. The maximum atomic E-state index is 10.7. The molecule has 0 aromatic heterocycles. The van der Waals surface area contributed by atoms with E-state index >= 15 is 0 Å². The number of carboxylic acid groups (broad SMARTS) is 1. The molecule has 0 aliphatic carbocycles. The Hall–Kier alpha value is -1.03. The molecule has 0 saturated heterocycles. The molecule has 82 valence electrons. The second kappa shape index (κ2) is 5.16. The first kappa shape index (κ1) is 12.0. The minimum absolute atomic E-state index is 0.00954. The number of ether oxygens (including phenoxy) is 1. The van der Waals surface area contributed by atoms with Gasteiger partial charge in [-0.15, -0.1) is 0 Å². The summed E-state index contributed by atoms with van der Waals surface area (Å²) in [5.74, 6) is -0.203. The van der Waals surface area contributed by atoms with Gasteiger partial charge in [0.1, 0.15) is 5.75 Å². The third-order valence-corrected chi connectivity index (χ3v) is 2.74. The summed E-state index contributed by atoms with van der Waals surface area (Å²) in [4.78, 5) is 10.7. The fraction of sp³-hybridized carbons (Fsp3) is 0.364. The molecule has 0 fully saturated rings. The lowest BCUT2D eigenvalue weighted by Crippen LogP contribution is -2.05. The topological polar surface area (TPSA) is 46.5 Å². The van der Waals surface area contributed by atoms with Crippen molar-refractivity contribution in [3.05, 3.63) is 28.8 Å². The first-order chi connectivity index (χ1) is 7.08. The van der Waals surface area contributed by atoms with E-state index in [1.54, 1.807) is 7.11 Å². The number of carbonyl (C=O) groups is 1. The molecule has 0 spiro atoms. The zero-order valence-electron chi connectivity index (χ0n) is 8.71. The van der Waals surface area contributed by atoms with Gasteiger partial charge in [-0.25, -0.2) is 0 Å². The Kier molecular flexibility index (Phi) is 4.15. The van der Waals surface area contributed by atoms with Crippen LogP contribution >= 0.6 is 15.9 Å². The van der Waals surface area contributed by atoms with Gasteiger partial charge in [0.25, 0.3) is 0 Å². The van der Waals surface area contributed by atoms with Gasteiger partial charge in [-0.2, -0.15) is 0 Å². The second-order valence-corrected chi connectivity index (χ2v) is 3.87. The van der Waals surface area contributed by atoms with Gasteiger partial charge in [0.05, 0.1) is 13.5 Å². The lowest BCUT2D eigenvalue weighted by molar-refractivity contribution is -0.136. The first-order valence-corrected chi connectivity index (χ1v) is 5.64. The van der Waals surface area contributed by atoms with Gasteiger partial charge in [-0.3, -0.25) is 4.79 Å². The highest BCUT2D eigenvalue weighted by Gasteiger charge is 2.12. The average molecular weight is 273 g/mol. The molecule has 1 rings (SSSR count). The Morgan fingerprint density at radius 3 is 2.67 bits per heavy atom. The lowest BCUT2D eigenvalue weighted by atomic mass is 10.0. The number of alkyl halides is 1. The number of methoxy groups -OCH3 is 1. The van der Waals surface area contributed by atoms with Gasteiger partial charge in [0.2, 0.25) is 0 Å². The van der Waals surface area contributed by atoms with E-state index < -0.39 is 5.97 Å². The van der Waals surface area contributed by atoms with Crippen molar-refractivity contribution in [3.63, 3.8) is 0 Å². The number of aliphatic carboxylic acids is 1. The predicted octanol–water partition coefficient (Wildman–Crippen LogP) is 2.53. The Morgan fingerprint density at radius 1 is 1.53 bits per heavy atom. The van der Waals surface area contributed by atoms with Crippen molar-refractivity contribution in [3.8, 4) is 5.75 Å². The van der Waals surface area contributed by atoms with Crippen LogP contribution in [0, 0.1) is 6.92 Å². The number of hydrogen-bond donors (Lipinski definition) is 1. The molecule has 0 heterocycles. The molecule has 1 N–H and O–H groups in total. The monoisotopic (exact) mass is 272 g/mol. The number of rotatable bonds is 4. The molecule has 0 saturated carbocycles. The van der Waals surface area contributed by atoms with Crippen molar-refractivity contribution in [1.29, 1.82) is 0 Å². The zero-order valence-corrected chi connectivity index (χ0v) is 10.3. The Bertz CT molecular complexity index is 349. The molecule has 3 nitrogen and oxygen atoms in total. The standard InChI is InChI=1S/C11H13BrO3/c1-7-3-8(6-12)9(5-11(13)14)10(4-7)15-2/h3-4H,5-6H2,1-2H3,(H,13,14). The number of carboxylic acids is 1. The number of halogens is 1. The predicted molar refractivity (Wildman–Crippen MR) is 61.7 cm³/mol. The quantitative estimate of drug-likeness (QED) is 0.857. The van der Waals surface area contributed by atoms with Gasteiger partial charge >= 0.3 is 5.97 Å². The normalized spacial score (nSPS) is 10.1. The Morgan fingerprint density at radius 2 is 2.20 bits per heavy atom. The van der Waals surface area contributed by atoms with Crippen LogP contribution in [0.5, 0.6) is 5.75 Å². The summed E-state index contributed by atoms with van der Waals surface area (Å²) in [7, 11) is 1.55. The van der Waals surface area contributed by atoms with Crippen molar-refractivity contribution >= 4 is 21.9 Å². The molecule has 4 heteroatoms. The van der Waals surface area contributed by atoms with E-state index in [4.69, 9.17) is 9.84 Å². The molecular formula is C11H13BrO3. The van der Waals surface area contributed by atoms with Gasteiger partial charge in [-0.05, 0) is 24.1 Å². The van der Waals surface area contributed by atoms with Gasteiger partial charge in [-0.1, -0.05) is 22.0 Å². The van der Waals surface area contributed by atoms with Crippen LogP contribution in [-0.2, 0) is 16.5 Å². The van der Waals surface area contributed by atoms with Crippen LogP contribution in [0.25, 0.3) is 0 Å².